The first-order chi connectivity index (χ1) is 9.56. The zero-order valence-electron chi connectivity index (χ0n) is 11.9. The van der Waals surface area contributed by atoms with Crippen LogP contribution in [0.4, 0.5) is 10.5 Å². The molecule has 1 aliphatic heterocycles. The normalized spacial score (nSPS) is 15.7. The minimum Gasteiger partial charge on any atom is -0.381 e. The molecule has 0 radical (unpaired) electrons. The van der Waals surface area contributed by atoms with Gasteiger partial charge in [-0.1, -0.05) is 12.1 Å². The number of aryl methyl sites for hydroxylation is 1. The van der Waals surface area contributed by atoms with Crippen molar-refractivity contribution >= 4 is 17.5 Å². The minimum atomic E-state index is -0.235. The average molecular weight is 276 g/mol. The summed E-state index contributed by atoms with van der Waals surface area (Å²) in [6.45, 7) is 4.78. The Morgan fingerprint density at radius 2 is 1.95 bits per heavy atom. The Morgan fingerprint density at radius 1 is 1.25 bits per heavy atom. The maximum Gasteiger partial charge on any atom is 0.319 e. The summed E-state index contributed by atoms with van der Waals surface area (Å²) in [5, 5.41) is 5.74. The number of ketones is 1. The van der Waals surface area contributed by atoms with Gasteiger partial charge in [0.1, 0.15) is 0 Å². The molecule has 20 heavy (non-hydrogen) atoms. The van der Waals surface area contributed by atoms with E-state index in [2.05, 4.69) is 10.6 Å². The molecule has 108 valence electrons. The highest BCUT2D eigenvalue weighted by atomic mass is 16.5. The molecular weight excluding hydrogens is 256 g/mol. The van der Waals surface area contributed by atoms with Crippen LogP contribution in [0.5, 0.6) is 0 Å². The topological polar surface area (TPSA) is 67.4 Å². The van der Waals surface area contributed by atoms with Gasteiger partial charge in [-0.15, -0.1) is 0 Å². The number of nitrogens with one attached hydrogen (secondary N) is 2. The number of amides is 2. The number of urea groups is 1. The lowest BCUT2D eigenvalue weighted by molar-refractivity contribution is 0.0806. The quantitative estimate of drug-likeness (QED) is 0.833. The molecule has 5 nitrogen and oxygen atoms in total. The fourth-order valence-corrected chi connectivity index (χ4v) is 2.16. The van der Waals surface area contributed by atoms with Crippen LogP contribution in [0.25, 0.3) is 0 Å². The SMILES string of the molecule is CC(=O)c1ccc(C)c(NC(=O)NC2CCOCC2)c1. The van der Waals surface area contributed by atoms with Crippen LogP contribution in [0.1, 0.15) is 35.7 Å². The maximum atomic E-state index is 12.0. The molecule has 0 atom stereocenters. The highest BCUT2D eigenvalue weighted by molar-refractivity contribution is 5.97. The zero-order valence-corrected chi connectivity index (χ0v) is 11.9. The van der Waals surface area contributed by atoms with E-state index in [4.69, 9.17) is 4.74 Å². The van der Waals surface area contributed by atoms with Gasteiger partial charge in [0.2, 0.25) is 0 Å². The van der Waals surface area contributed by atoms with Gasteiger partial charge in [0, 0.05) is 30.5 Å². The van der Waals surface area contributed by atoms with Gasteiger partial charge in [0.05, 0.1) is 0 Å². The largest absolute Gasteiger partial charge is 0.381 e. The molecule has 1 aliphatic rings. The van der Waals surface area contributed by atoms with E-state index in [9.17, 15) is 9.59 Å². The Bertz CT molecular complexity index is 508. The second-order valence-electron chi connectivity index (χ2n) is 5.07. The first-order valence-corrected chi connectivity index (χ1v) is 6.83. The van der Waals surface area contributed by atoms with Gasteiger partial charge in [-0.25, -0.2) is 4.79 Å². The molecule has 0 aromatic heterocycles. The highest BCUT2D eigenvalue weighted by Crippen LogP contribution is 2.17. The second-order valence-corrected chi connectivity index (χ2v) is 5.07. The van der Waals surface area contributed by atoms with Crippen molar-refractivity contribution in [3.63, 3.8) is 0 Å². The number of rotatable bonds is 3. The molecule has 0 spiro atoms. The van der Waals surface area contributed by atoms with E-state index in [1.54, 1.807) is 12.1 Å². The molecule has 2 amide bonds. The molecule has 0 saturated carbocycles. The fourth-order valence-electron chi connectivity index (χ4n) is 2.16. The van der Waals surface area contributed by atoms with E-state index in [1.807, 2.05) is 13.0 Å². The number of anilines is 1. The summed E-state index contributed by atoms with van der Waals surface area (Å²) >= 11 is 0. The number of carbonyl (C=O) groups is 2. The Labute approximate surface area is 118 Å². The summed E-state index contributed by atoms with van der Waals surface area (Å²) in [5.74, 6) is -0.0158. The van der Waals surface area contributed by atoms with Crippen LogP contribution in [0, 0.1) is 6.92 Å². The third-order valence-electron chi connectivity index (χ3n) is 3.45. The van der Waals surface area contributed by atoms with Gasteiger partial charge in [-0.05, 0) is 38.3 Å². The van der Waals surface area contributed by atoms with Crippen molar-refractivity contribution in [1.29, 1.82) is 0 Å². The molecule has 0 unspecified atom stereocenters. The lowest BCUT2D eigenvalue weighted by Gasteiger charge is -2.23. The number of hydrogen-bond donors (Lipinski definition) is 2. The summed E-state index contributed by atoms with van der Waals surface area (Å²) < 4.78 is 5.25. The van der Waals surface area contributed by atoms with Crippen LogP contribution in [0.3, 0.4) is 0 Å². The molecule has 1 heterocycles. The van der Waals surface area contributed by atoms with E-state index in [0.717, 1.165) is 18.4 Å². The van der Waals surface area contributed by atoms with Crippen LogP contribution in [0.2, 0.25) is 0 Å². The van der Waals surface area contributed by atoms with E-state index >= 15 is 0 Å². The van der Waals surface area contributed by atoms with E-state index < -0.39 is 0 Å². The van der Waals surface area contributed by atoms with E-state index in [0.29, 0.717) is 24.5 Å². The number of benzene rings is 1. The van der Waals surface area contributed by atoms with Crippen molar-refractivity contribution in [2.24, 2.45) is 0 Å². The van der Waals surface area contributed by atoms with Crippen LogP contribution >= 0.6 is 0 Å². The fraction of sp³-hybridized carbons (Fsp3) is 0.467. The van der Waals surface area contributed by atoms with Crippen LogP contribution in [-0.2, 0) is 4.74 Å². The van der Waals surface area contributed by atoms with E-state index in [1.165, 1.54) is 6.92 Å². The van der Waals surface area contributed by atoms with Crippen LogP contribution < -0.4 is 10.6 Å². The average Bonchev–Trinajstić information content (AvgIpc) is 2.42. The van der Waals surface area contributed by atoms with Gasteiger partial charge in [0.15, 0.2) is 5.78 Å². The second kappa shape index (κ2) is 6.52. The molecule has 2 N–H and O–H groups in total. The first kappa shape index (κ1) is 14.5. The van der Waals surface area contributed by atoms with Gasteiger partial charge in [-0.3, -0.25) is 4.79 Å². The highest BCUT2D eigenvalue weighted by Gasteiger charge is 2.16. The number of ether oxygens (including phenoxy) is 1. The summed E-state index contributed by atoms with van der Waals surface area (Å²) in [7, 11) is 0. The Morgan fingerprint density at radius 3 is 2.60 bits per heavy atom. The lowest BCUT2D eigenvalue weighted by Crippen LogP contribution is -2.41. The first-order valence-electron chi connectivity index (χ1n) is 6.83. The summed E-state index contributed by atoms with van der Waals surface area (Å²) in [4.78, 5) is 23.3. The van der Waals surface area contributed by atoms with Gasteiger partial charge in [0.25, 0.3) is 0 Å². The van der Waals surface area contributed by atoms with Crippen molar-refractivity contribution in [3.8, 4) is 0 Å². The summed E-state index contributed by atoms with van der Waals surface area (Å²) in [6, 6.07) is 5.22. The predicted octanol–water partition coefficient (Wildman–Crippen LogP) is 2.50. The van der Waals surface area contributed by atoms with Crippen molar-refractivity contribution in [2.75, 3.05) is 18.5 Å². The van der Waals surface area contributed by atoms with Crippen molar-refractivity contribution in [2.45, 2.75) is 32.7 Å². The Balaban J connectivity index is 1.99. The monoisotopic (exact) mass is 276 g/mol. The molecule has 1 saturated heterocycles. The van der Waals surface area contributed by atoms with E-state index in [-0.39, 0.29) is 17.9 Å². The molecule has 1 aromatic carbocycles. The van der Waals surface area contributed by atoms with Crippen LogP contribution in [0.15, 0.2) is 18.2 Å². The molecule has 1 fully saturated rings. The van der Waals surface area contributed by atoms with Gasteiger partial charge >= 0.3 is 6.03 Å². The minimum absolute atomic E-state index is 0.0158. The molecule has 0 aliphatic carbocycles. The van der Waals surface area contributed by atoms with Crippen molar-refractivity contribution in [3.05, 3.63) is 29.3 Å². The Kier molecular flexibility index (Phi) is 4.74. The van der Waals surface area contributed by atoms with Crippen molar-refractivity contribution in [1.82, 2.24) is 5.32 Å². The molecule has 5 heteroatoms. The third-order valence-corrected chi connectivity index (χ3v) is 3.45. The van der Waals surface area contributed by atoms with Crippen molar-refractivity contribution < 1.29 is 14.3 Å². The lowest BCUT2D eigenvalue weighted by atomic mass is 10.1. The molecular formula is C15H20N2O3. The molecule has 0 bridgehead atoms. The van der Waals surface area contributed by atoms with Crippen LogP contribution in [-0.4, -0.2) is 31.1 Å². The third kappa shape index (κ3) is 3.81. The standard InChI is InChI=1S/C15H20N2O3/c1-10-3-4-12(11(2)18)9-14(10)17-15(19)16-13-5-7-20-8-6-13/h3-4,9,13H,5-8H2,1-2H3,(H2,16,17,19). The molecule has 1 aromatic rings. The smallest absolute Gasteiger partial charge is 0.319 e. The zero-order chi connectivity index (χ0) is 14.5. The number of carbonyl (C=O) groups excluding carboxylic acids is 2. The Hall–Kier alpha value is -1.88. The predicted molar refractivity (Wildman–Crippen MR) is 77.2 cm³/mol. The number of hydrogen-bond acceptors (Lipinski definition) is 3. The van der Waals surface area contributed by atoms with Gasteiger partial charge in [-0.2, -0.15) is 0 Å². The summed E-state index contributed by atoms with van der Waals surface area (Å²) in [5.41, 5.74) is 2.19. The number of Topliss-reactive ketones (excluding diaryl/α,β-unsaturated/α-hetero) is 1. The summed E-state index contributed by atoms with van der Waals surface area (Å²) in [6.07, 6.45) is 1.67. The van der Waals surface area contributed by atoms with Gasteiger partial charge < -0.3 is 15.4 Å². The maximum absolute atomic E-state index is 12.0. The molecule has 2 rings (SSSR count).